The lowest BCUT2D eigenvalue weighted by Crippen LogP contribution is -2.44. The zero-order valence-electron chi connectivity index (χ0n) is 8.82. The Morgan fingerprint density at radius 3 is 2.93 bits per heavy atom. The lowest BCUT2D eigenvalue weighted by Gasteiger charge is -2.20. The van der Waals surface area contributed by atoms with Gasteiger partial charge in [0.05, 0.1) is 12.5 Å². The summed E-state index contributed by atoms with van der Waals surface area (Å²) in [5.74, 6) is 0.415. The minimum atomic E-state index is -0.130. The molecule has 0 unspecified atom stereocenters. The van der Waals surface area contributed by atoms with Crippen LogP contribution < -0.4 is 11.1 Å². The number of nitrogens with zero attached hydrogens (tertiary/aromatic N) is 2. The molecular weight excluding hydrogens is 194 g/mol. The molecule has 1 heterocycles. The van der Waals surface area contributed by atoms with Crippen LogP contribution in [0, 0.1) is 5.41 Å². The number of aliphatic imine (C=N–C) groups is 1. The fourth-order valence-electron chi connectivity index (χ4n) is 1.17. The van der Waals surface area contributed by atoms with Crippen molar-refractivity contribution in [1.29, 1.82) is 5.41 Å². The molecule has 1 rings (SSSR count). The van der Waals surface area contributed by atoms with Gasteiger partial charge < -0.3 is 15.1 Å². The molecule has 1 aromatic rings. The Bertz CT molecular complexity index is 343. The number of furan rings is 1. The second-order valence-electron chi connectivity index (χ2n) is 3.07. The molecule has 0 radical (unpaired) electrons. The average molecular weight is 209 g/mol. The van der Waals surface area contributed by atoms with Gasteiger partial charge in [0.15, 0.2) is 5.96 Å². The monoisotopic (exact) mass is 209 g/mol. The van der Waals surface area contributed by atoms with Gasteiger partial charge in [0.25, 0.3) is 0 Å². The van der Waals surface area contributed by atoms with Gasteiger partial charge in [0, 0.05) is 26.2 Å². The molecule has 0 atom stereocenters. The quantitative estimate of drug-likeness (QED) is 0.478. The van der Waals surface area contributed by atoms with Crippen molar-refractivity contribution in [3.05, 3.63) is 24.2 Å². The maximum atomic E-state index is 7.11. The van der Waals surface area contributed by atoms with Crippen LogP contribution in [-0.4, -0.2) is 30.9 Å². The van der Waals surface area contributed by atoms with Crippen molar-refractivity contribution in [2.24, 2.45) is 10.7 Å². The van der Waals surface area contributed by atoms with Crippen LogP contribution in [0.4, 0.5) is 0 Å². The molecule has 6 heteroatoms. The largest absolute Gasteiger partial charge is 0.472 e. The molecular formula is C9H15N5O. The number of guanidine groups is 2. The normalized spacial score (nSPS) is 11.2. The third kappa shape index (κ3) is 3.34. The van der Waals surface area contributed by atoms with Gasteiger partial charge in [-0.2, -0.15) is 0 Å². The summed E-state index contributed by atoms with van der Waals surface area (Å²) in [4.78, 5) is 5.83. The predicted molar refractivity (Wildman–Crippen MR) is 58.6 cm³/mol. The van der Waals surface area contributed by atoms with Crippen LogP contribution in [-0.2, 0) is 6.54 Å². The van der Waals surface area contributed by atoms with Crippen LogP contribution in [0.5, 0.6) is 0 Å². The molecule has 0 saturated heterocycles. The van der Waals surface area contributed by atoms with Gasteiger partial charge in [-0.25, -0.2) is 0 Å². The second-order valence-corrected chi connectivity index (χ2v) is 3.07. The standard InChI is InChI=1S/C9H15N5O/c1-12-9(13-8(10)11)14(2)5-7-3-4-15-6-7/h3-4,6H,5H2,1-2H3,(H4,10,11,12,13). The first-order valence-electron chi connectivity index (χ1n) is 4.43. The van der Waals surface area contributed by atoms with Crippen LogP contribution in [0.3, 0.4) is 0 Å². The van der Waals surface area contributed by atoms with Crippen LogP contribution in [0.1, 0.15) is 5.56 Å². The van der Waals surface area contributed by atoms with E-state index in [1.807, 2.05) is 18.0 Å². The van der Waals surface area contributed by atoms with E-state index < -0.39 is 0 Å². The Hall–Kier alpha value is -1.98. The van der Waals surface area contributed by atoms with Crippen molar-refractivity contribution in [1.82, 2.24) is 10.2 Å². The Kier molecular flexibility index (Phi) is 3.73. The topological polar surface area (TPSA) is 90.6 Å². The lowest BCUT2D eigenvalue weighted by atomic mass is 10.3. The van der Waals surface area contributed by atoms with Crippen LogP contribution in [0.2, 0.25) is 0 Å². The molecule has 0 amide bonds. The summed E-state index contributed by atoms with van der Waals surface area (Å²) in [6.45, 7) is 0.642. The van der Waals surface area contributed by atoms with E-state index in [0.717, 1.165) is 5.56 Å². The first-order chi connectivity index (χ1) is 7.13. The molecule has 0 bridgehead atoms. The Morgan fingerprint density at radius 2 is 2.47 bits per heavy atom. The fraction of sp³-hybridized carbons (Fsp3) is 0.333. The summed E-state index contributed by atoms with van der Waals surface area (Å²) in [5, 5.41) is 9.76. The van der Waals surface area contributed by atoms with Crippen molar-refractivity contribution in [3.8, 4) is 0 Å². The van der Waals surface area contributed by atoms with Gasteiger partial charge in [-0.15, -0.1) is 0 Å². The van der Waals surface area contributed by atoms with Crippen LogP contribution >= 0.6 is 0 Å². The maximum Gasteiger partial charge on any atom is 0.200 e. The third-order valence-corrected chi connectivity index (χ3v) is 1.82. The molecule has 0 aromatic carbocycles. The van der Waals surface area contributed by atoms with Crippen molar-refractivity contribution >= 4 is 11.9 Å². The zero-order valence-corrected chi connectivity index (χ0v) is 8.82. The maximum absolute atomic E-state index is 7.11. The first-order valence-corrected chi connectivity index (χ1v) is 4.43. The van der Waals surface area contributed by atoms with Gasteiger partial charge >= 0.3 is 0 Å². The molecule has 0 aliphatic heterocycles. The number of nitrogens with one attached hydrogen (secondary N) is 2. The van der Waals surface area contributed by atoms with Crippen LogP contribution in [0.15, 0.2) is 28.0 Å². The molecule has 0 saturated carbocycles. The van der Waals surface area contributed by atoms with Crippen molar-refractivity contribution in [2.75, 3.05) is 14.1 Å². The van der Waals surface area contributed by atoms with E-state index in [-0.39, 0.29) is 5.96 Å². The van der Waals surface area contributed by atoms with E-state index >= 15 is 0 Å². The third-order valence-electron chi connectivity index (χ3n) is 1.82. The molecule has 4 N–H and O–H groups in total. The zero-order chi connectivity index (χ0) is 11.3. The smallest absolute Gasteiger partial charge is 0.200 e. The van der Waals surface area contributed by atoms with E-state index in [9.17, 15) is 0 Å². The molecule has 15 heavy (non-hydrogen) atoms. The van der Waals surface area contributed by atoms with Gasteiger partial charge in [0.2, 0.25) is 5.96 Å². The Morgan fingerprint density at radius 1 is 1.73 bits per heavy atom. The van der Waals surface area contributed by atoms with Gasteiger partial charge in [-0.05, 0) is 6.07 Å². The Labute approximate surface area is 88.3 Å². The van der Waals surface area contributed by atoms with E-state index in [1.54, 1.807) is 19.6 Å². The summed E-state index contributed by atoms with van der Waals surface area (Å²) >= 11 is 0. The summed E-state index contributed by atoms with van der Waals surface area (Å²) in [6, 6.07) is 1.87. The number of nitrogens with two attached hydrogens (primary N) is 1. The van der Waals surface area contributed by atoms with E-state index in [2.05, 4.69) is 10.3 Å². The highest BCUT2D eigenvalue weighted by Crippen LogP contribution is 2.03. The highest BCUT2D eigenvalue weighted by molar-refractivity contribution is 5.96. The van der Waals surface area contributed by atoms with Crippen molar-refractivity contribution in [2.45, 2.75) is 6.54 Å². The predicted octanol–water partition coefficient (Wildman–Crippen LogP) is 0.180. The lowest BCUT2D eigenvalue weighted by molar-refractivity contribution is 0.480. The average Bonchev–Trinajstić information content (AvgIpc) is 2.66. The van der Waals surface area contributed by atoms with Crippen molar-refractivity contribution in [3.63, 3.8) is 0 Å². The molecule has 0 aliphatic carbocycles. The highest BCUT2D eigenvalue weighted by Gasteiger charge is 2.07. The minimum absolute atomic E-state index is 0.130. The number of hydrogen-bond donors (Lipinski definition) is 3. The molecule has 0 spiro atoms. The van der Waals surface area contributed by atoms with Gasteiger partial charge in [-0.3, -0.25) is 15.7 Å². The van der Waals surface area contributed by atoms with E-state index in [1.165, 1.54) is 0 Å². The second kappa shape index (κ2) is 5.04. The molecule has 0 fully saturated rings. The summed E-state index contributed by atoms with van der Waals surface area (Å²) in [7, 11) is 3.49. The van der Waals surface area contributed by atoms with Gasteiger partial charge in [-0.1, -0.05) is 0 Å². The highest BCUT2D eigenvalue weighted by atomic mass is 16.3. The molecule has 0 aliphatic rings. The minimum Gasteiger partial charge on any atom is -0.472 e. The van der Waals surface area contributed by atoms with E-state index in [4.69, 9.17) is 15.6 Å². The molecule has 82 valence electrons. The van der Waals surface area contributed by atoms with Crippen molar-refractivity contribution < 1.29 is 4.42 Å². The summed E-state index contributed by atoms with van der Waals surface area (Å²) < 4.78 is 4.96. The Balaban J connectivity index is 2.58. The molecule has 1 aromatic heterocycles. The first kappa shape index (κ1) is 11.1. The summed E-state index contributed by atoms with van der Waals surface area (Å²) in [6.07, 6.45) is 3.28. The number of hydrogen-bond acceptors (Lipinski definition) is 3. The number of rotatable bonds is 2. The fourth-order valence-corrected chi connectivity index (χ4v) is 1.17. The van der Waals surface area contributed by atoms with E-state index in [0.29, 0.717) is 12.5 Å². The van der Waals surface area contributed by atoms with Crippen LogP contribution in [0.25, 0.3) is 0 Å². The SMILES string of the molecule is C/N=C(\NC(=N)N)N(C)Cc1ccoc1. The van der Waals surface area contributed by atoms with Gasteiger partial charge in [0.1, 0.15) is 0 Å². The summed E-state index contributed by atoms with van der Waals surface area (Å²) in [5.41, 5.74) is 6.26. The molecule has 6 nitrogen and oxygen atoms in total.